The van der Waals surface area contributed by atoms with E-state index in [4.69, 9.17) is 18.9 Å². The maximum Gasteiger partial charge on any atom is 0.356 e. The van der Waals surface area contributed by atoms with Gasteiger partial charge in [0.2, 0.25) is 5.75 Å². The van der Waals surface area contributed by atoms with E-state index >= 15 is 0 Å². The molecule has 2 aromatic carbocycles. The maximum absolute atomic E-state index is 13.1. The van der Waals surface area contributed by atoms with Crippen molar-refractivity contribution in [3.63, 3.8) is 0 Å². The summed E-state index contributed by atoms with van der Waals surface area (Å²) >= 11 is 3.42. The molecule has 0 saturated heterocycles. The Balaban J connectivity index is 2.07. The first-order valence-corrected chi connectivity index (χ1v) is 9.82. The summed E-state index contributed by atoms with van der Waals surface area (Å²) in [4.78, 5) is 28.5. The molecule has 0 spiro atoms. The number of benzene rings is 2. The Morgan fingerprint density at radius 1 is 1.03 bits per heavy atom. The second-order valence-electron chi connectivity index (χ2n) is 6.15. The summed E-state index contributed by atoms with van der Waals surface area (Å²) in [5.41, 5.74) is 1.43. The largest absolute Gasteiger partial charge is 0.493 e. The van der Waals surface area contributed by atoms with Crippen molar-refractivity contribution in [2.24, 2.45) is 0 Å². The quantitative estimate of drug-likeness (QED) is 0.490. The molecule has 0 fully saturated rings. The average molecular weight is 477 g/mol. The Labute approximate surface area is 181 Å². The number of hydrogen-bond acceptors (Lipinski definition) is 6. The molecule has 3 aromatic rings. The summed E-state index contributed by atoms with van der Waals surface area (Å²) in [5.74, 6) is 0.0362. The van der Waals surface area contributed by atoms with E-state index in [9.17, 15) is 9.59 Å². The summed E-state index contributed by atoms with van der Waals surface area (Å²) in [7, 11) is 4.42. The molecular formula is C21H21BrN2O6. The van der Waals surface area contributed by atoms with E-state index in [-0.39, 0.29) is 17.9 Å². The van der Waals surface area contributed by atoms with Gasteiger partial charge in [-0.15, -0.1) is 0 Å². The minimum atomic E-state index is -0.565. The minimum absolute atomic E-state index is 0.158. The number of anilines is 1. The van der Waals surface area contributed by atoms with E-state index < -0.39 is 11.9 Å². The van der Waals surface area contributed by atoms with Crippen molar-refractivity contribution in [3.05, 3.63) is 46.1 Å². The van der Waals surface area contributed by atoms with Crippen LogP contribution < -0.4 is 19.5 Å². The molecule has 1 aromatic heterocycles. The van der Waals surface area contributed by atoms with Gasteiger partial charge in [0.15, 0.2) is 11.5 Å². The molecule has 0 aliphatic carbocycles. The highest BCUT2D eigenvalue weighted by Gasteiger charge is 2.23. The van der Waals surface area contributed by atoms with Crippen molar-refractivity contribution in [1.29, 1.82) is 0 Å². The highest BCUT2D eigenvalue weighted by atomic mass is 79.9. The lowest BCUT2D eigenvalue weighted by molar-refractivity contribution is 0.0522. The number of rotatable bonds is 7. The molecule has 1 heterocycles. The number of carbonyl (C=O) groups excluding carboxylic acids is 2. The first-order chi connectivity index (χ1) is 14.4. The Kier molecular flexibility index (Phi) is 6.51. The number of H-pyrrole nitrogens is 1. The molecule has 158 valence electrons. The van der Waals surface area contributed by atoms with E-state index in [1.807, 2.05) is 6.07 Å². The van der Waals surface area contributed by atoms with E-state index in [0.717, 1.165) is 4.47 Å². The number of aromatic nitrogens is 1. The van der Waals surface area contributed by atoms with Crippen molar-refractivity contribution in [3.8, 4) is 17.2 Å². The molecule has 30 heavy (non-hydrogen) atoms. The highest BCUT2D eigenvalue weighted by molar-refractivity contribution is 9.10. The van der Waals surface area contributed by atoms with Crippen molar-refractivity contribution >= 4 is 44.4 Å². The molecule has 0 bridgehead atoms. The number of ether oxygens (including phenoxy) is 4. The van der Waals surface area contributed by atoms with Gasteiger partial charge in [0.05, 0.1) is 33.6 Å². The van der Waals surface area contributed by atoms with Gasteiger partial charge in [0, 0.05) is 20.9 Å². The van der Waals surface area contributed by atoms with Gasteiger partial charge >= 0.3 is 5.97 Å². The zero-order valence-electron chi connectivity index (χ0n) is 16.9. The third kappa shape index (κ3) is 4.06. The fraction of sp³-hybridized carbons (Fsp3) is 0.238. The zero-order chi connectivity index (χ0) is 21.8. The first-order valence-electron chi connectivity index (χ1n) is 9.03. The number of nitrogens with one attached hydrogen (secondary N) is 2. The summed E-state index contributed by atoms with van der Waals surface area (Å²) in [6.07, 6.45) is 0. The van der Waals surface area contributed by atoms with Crippen LogP contribution in [0.15, 0.2) is 34.8 Å². The Morgan fingerprint density at radius 2 is 1.70 bits per heavy atom. The van der Waals surface area contributed by atoms with Crippen LogP contribution in [0.2, 0.25) is 0 Å². The summed E-state index contributed by atoms with van der Waals surface area (Å²) in [6, 6.07) is 8.51. The summed E-state index contributed by atoms with van der Waals surface area (Å²) < 4.78 is 21.8. The first kappa shape index (κ1) is 21.5. The van der Waals surface area contributed by atoms with Gasteiger partial charge in [-0.3, -0.25) is 4.79 Å². The molecule has 0 radical (unpaired) electrons. The Bertz CT molecular complexity index is 1080. The van der Waals surface area contributed by atoms with E-state index in [1.165, 1.54) is 33.5 Å². The van der Waals surface area contributed by atoms with Crippen molar-refractivity contribution in [2.45, 2.75) is 6.92 Å². The molecule has 0 aliphatic rings. The van der Waals surface area contributed by atoms with E-state index in [0.29, 0.717) is 33.8 Å². The van der Waals surface area contributed by atoms with Crippen LogP contribution >= 0.6 is 15.9 Å². The normalized spacial score (nSPS) is 10.6. The number of hydrogen-bond donors (Lipinski definition) is 2. The Morgan fingerprint density at radius 3 is 2.27 bits per heavy atom. The number of halogens is 1. The molecule has 0 atom stereocenters. The van der Waals surface area contributed by atoms with Crippen LogP contribution in [0.1, 0.15) is 27.8 Å². The van der Waals surface area contributed by atoms with Crippen LogP contribution in [-0.2, 0) is 4.74 Å². The molecule has 1 amide bonds. The van der Waals surface area contributed by atoms with Gasteiger partial charge in [0.25, 0.3) is 5.91 Å². The van der Waals surface area contributed by atoms with Gasteiger partial charge in [-0.2, -0.15) is 0 Å². The number of esters is 1. The molecule has 0 aliphatic heterocycles. The predicted molar refractivity (Wildman–Crippen MR) is 116 cm³/mol. The fourth-order valence-electron chi connectivity index (χ4n) is 3.05. The SMILES string of the molecule is CCOC(=O)c1[nH]c2ccc(Br)cc2c1NC(=O)c1cc(OC)c(OC)c(OC)c1. The van der Waals surface area contributed by atoms with Crippen molar-refractivity contribution < 1.29 is 28.5 Å². The Hall–Kier alpha value is -3.20. The number of amides is 1. The van der Waals surface area contributed by atoms with Crippen LogP contribution in [0.5, 0.6) is 17.2 Å². The monoisotopic (exact) mass is 476 g/mol. The van der Waals surface area contributed by atoms with Gasteiger partial charge in [-0.05, 0) is 37.3 Å². The van der Waals surface area contributed by atoms with E-state index in [1.54, 1.807) is 19.1 Å². The zero-order valence-corrected chi connectivity index (χ0v) is 18.5. The predicted octanol–water partition coefficient (Wildman–Crippen LogP) is 4.39. The molecule has 8 nitrogen and oxygen atoms in total. The van der Waals surface area contributed by atoms with Crippen LogP contribution in [0.4, 0.5) is 5.69 Å². The topological polar surface area (TPSA) is 98.9 Å². The van der Waals surface area contributed by atoms with Crippen molar-refractivity contribution in [1.82, 2.24) is 4.98 Å². The second-order valence-corrected chi connectivity index (χ2v) is 7.07. The van der Waals surface area contributed by atoms with Gasteiger partial charge in [-0.1, -0.05) is 15.9 Å². The third-order valence-electron chi connectivity index (χ3n) is 4.41. The molecule has 9 heteroatoms. The molecule has 3 rings (SSSR count). The molecule has 0 unspecified atom stereocenters. The van der Waals surface area contributed by atoms with Crippen molar-refractivity contribution in [2.75, 3.05) is 33.3 Å². The molecule has 0 saturated carbocycles. The lowest BCUT2D eigenvalue weighted by Gasteiger charge is -2.14. The standard InChI is InChI=1S/C21H21BrN2O6/c1-5-30-21(26)18-17(13-10-12(22)6-7-14(13)23-18)24-20(25)11-8-15(27-2)19(29-4)16(9-11)28-3/h6-10,23H,5H2,1-4H3,(H,24,25). The second kappa shape index (κ2) is 9.08. The van der Waals surface area contributed by atoms with Crippen LogP contribution in [0, 0.1) is 0 Å². The highest BCUT2D eigenvalue weighted by Crippen LogP contribution is 2.39. The summed E-state index contributed by atoms with van der Waals surface area (Å²) in [6.45, 7) is 1.92. The number of aromatic amines is 1. The molecule has 2 N–H and O–H groups in total. The maximum atomic E-state index is 13.1. The number of methoxy groups -OCH3 is 3. The van der Waals surface area contributed by atoms with Crippen LogP contribution in [0.25, 0.3) is 10.9 Å². The minimum Gasteiger partial charge on any atom is -0.493 e. The van der Waals surface area contributed by atoms with Crippen LogP contribution in [-0.4, -0.2) is 44.8 Å². The van der Waals surface area contributed by atoms with Gasteiger partial charge < -0.3 is 29.2 Å². The number of carbonyl (C=O) groups is 2. The van der Waals surface area contributed by atoms with Gasteiger partial charge in [-0.25, -0.2) is 4.79 Å². The number of fused-ring (bicyclic) bond motifs is 1. The lowest BCUT2D eigenvalue weighted by Crippen LogP contribution is -2.16. The third-order valence-corrected chi connectivity index (χ3v) is 4.90. The fourth-order valence-corrected chi connectivity index (χ4v) is 3.41. The summed E-state index contributed by atoms with van der Waals surface area (Å²) in [5, 5.41) is 3.47. The average Bonchev–Trinajstić information content (AvgIpc) is 3.10. The smallest absolute Gasteiger partial charge is 0.356 e. The lowest BCUT2D eigenvalue weighted by atomic mass is 10.1. The van der Waals surface area contributed by atoms with E-state index in [2.05, 4.69) is 26.2 Å². The van der Waals surface area contributed by atoms with Crippen LogP contribution in [0.3, 0.4) is 0 Å². The molecular weight excluding hydrogens is 456 g/mol. The van der Waals surface area contributed by atoms with Gasteiger partial charge in [0.1, 0.15) is 5.69 Å².